The number of benzene rings is 2. The highest BCUT2D eigenvalue weighted by molar-refractivity contribution is 6.23. The van der Waals surface area contributed by atoms with Crippen LogP contribution in [0.15, 0.2) is 42.5 Å². The van der Waals surface area contributed by atoms with Crippen molar-refractivity contribution >= 4 is 23.0 Å². The molecule has 0 saturated heterocycles. The molecule has 86 valence electrons. The topological polar surface area (TPSA) is 58.2 Å². The van der Waals surface area contributed by atoms with Crippen LogP contribution in [0, 0.1) is 0 Å². The van der Waals surface area contributed by atoms with E-state index in [0.717, 1.165) is 16.3 Å². The first kappa shape index (κ1) is 11.3. The van der Waals surface area contributed by atoms with Gasteiger partial charge in [0.2, 0.25) is 6.29 Å². The molecule has 0 heterocycles. The highest BCUT2D eigenvalue weighted by Gasteiger charge is 2.00. The monoisotopic (exact) mass is 228 g/mol. The Balaban J connectivity index is 2.13. The van der Waals surface area contributed by atoms with Crippen molar-refractivity contribution in [2.24, 2.45) is 0 Å². The van der Waals surface area contributed by atoms with Gasteiger partial charge < -0.3 is 0 Å². The molecule has 0 fully saturated rings. The molecule has 2 aromatic rings. The molecule has 0 saturated carbocycles. The van der Waals surface area contributed by atoms with Gasteiger partial charge in [-0.05, 0) is 16.3 Å². The van der Waals surface area contributed by atoms with Gasteiger partial charge in [0.1, 0.15) is 0 Å². The van der Waals surface area contributed by atoms with Crippen LogP contribution in [-0.2, 0) is 16.1 Å². The van der Waals surface area contributed by atoms with Gasteiger partial charge in [-0.15, -0.1) is 0 Å². The summed E-state index contributed by atoms with van der Waals surface area (Å²) in [7, 11) is 0. The maximum absolute atomic E-state index is 10.7. The van der Waals surface area contributed by atoms with Crippen LogP contribution in [0.3, 0.4) is 0 Å². The van der Waals surface area contributed by atoms with Crippen molar-refractivity contribution in [2.75, 3.05) is 0 Å². The molecule has 0 atom stereocenters. The summed E-state index contributed by atoms with van der Waals surface area (Å²) >= 11 is 0. The summed E-state index contributed by atoms with van der Waals surface area (Å²) in [6.45, 7) is 0.473. The van der Waals surface area contributed by atoms with Gasteiger partial charge in [-0.25, -0.2) is 5.43 Å². The lowest BCUT2D eigenvalue weighted by molar-refractivity contribution is -0.132. The second-order valence-electron chi connectivity index (χ2n) is 3.60. The zero-order valence-corrected chi connectivity index (χ0v) is 9.14. The zero-order valence-electron chi connectivity index (χ0n) is 9.14. The fraction of sp³-hybridized carbons (Fsp3) is 0.0769. The summed E-state index contributed by atoms with van der Waals surface area (Å²) in [6, 6.07) is 14.0. The molecule has 0 aliphatic heterocycles. The van der Waals surface area contributed by atoms with E-state index >= 15 is 0 Å². The van der Waals surface area contributed by atoms with Crippen molar-refractivity contribution in [1.29, 1.82) is 0 Å². The Morgan fingerprint density at radius 3 is 2.71 bits per heavy atom. The minimum absolute atomic E-state index is 0.232. The number of aldehydes is 1. The number of amides is 1. The third-order valence-corrected chi connectivity index (χ3v) is 2.48. The van der Waals surface area contributed by atoms with E-state index in [4.69, 9.17) is 0 Å². The van der Waals surface area contributed by atoms with Crippen molar-refractivity contribution in [2.45, 2.75) is 6.54 Å². The minimum Gasteiger partial charge on any atom is -0.292 e. The van der Waals surface area contributed by atoms with Gasteiger partial charge in [0, 0.05) is 6.54 Å². The quantitative estimate of drug-likeness (QED) is 0.469. The molecule has 4 nitrogen and oxygen atoms in total. The molecule has 1 amide bonds. The van der Waals surface area contributed by atoms with Crippen LogP contribution < -0.4 is 10.9 Å². The van der Waals surface area contributed by atoms with E-state index < -0.39 is 5.91 Å². The van der Waals surface area contributed by atoms with Crippen molar-refractivity contribution in [3.8, 4) is 0 Å². The third-order valence-electron chi connectivity index (χ3n) is 2.48. The molecule has 2 aromatic carbocycles. The molecule has 17 heavy (non-hydrogen) atoms. The predicted octanol–water partition coefficient (Wildman–Crippen LogP) is 1.16. The number of nitrogens with one attached hydrogen (secondary N) is 2. The van der Waals surface area contributed by atoms with Crippen molar-refractivity contribution in [1.82, 2.24) is 10.9 Å². The Bertz CT molecular complexity index is 547. The molecule has 0 unspecified atom stereocenters. The van der Waals surface area contributed by atoms with E-state index in [0.29, 0.717) is 6.54 Å². The van der Waals surface area contributed by atoms with E-state index in [-0.39, 0.29) is 6.29 Å². The fourth-order valence-corrected chi connectivity index (χ4v) is 1.70. The molecular weight excluding hydrogens is 216 g/mol. The van der Waals surface area contributed by atoms with Gasteiger partial charge in [-0.2, -0.15) is 0 Å². The fourth-order valence-electron chi connectivity index (χ4n) is 1.70. The molecule has 0 aliphatic carbocycles. The van der Waals surface area contributed by atoms with Crippen LogP contribution in [0.25, 0.3) is 10.8 Å². The maximum Gasteiger partial charge on any atom is 0.298 e. The summed E-state index contributed by atoms with van der Waals surface area (Å²) < 4.78 is 0. The van der Waals surface area contributed by atoms with Gasteiger partial charge in [0.15, 0.2) is 0 Å². The Hall–Kier alpha value is -2.20. The lowest BCUT2D eigenvalue weighted by Gasteiger charge is -2.07. The lowest BCUT2D eigenvalue weighted by Crippen LogP contribution is -2.37. The molecule has 0 radical (unpaired) electrons. The zero-order chi connectivity index (χ0) is 12.1. The standard InChI is InChI=1S/C13H12N2O2/c16-9-13(17)15-14-8-11-6-3-5-10-4-1-2-7-12(10)11/h1-7,9,14H,8H2,(H,15,17). The molecule has 0 spiro atoms. The van der Waals surface area contributed by atoms with Crippen LogP contribution in [-0.4, -0.2) is 12.2 Å². The second kappa shape index (κ2) is 5.23. The average Bonchev–Trinajstić information content (AvgIpc) is 2.39. The van der Waals surface area contributed by atoms with E-state index in [2.05, 4.69) is 10.9 Å². The number of carbonyl (C=O) groups excluding carboxylic acids is 2. The summed E-state index contributed by atoms with van der Waals surface area (Å²) in [4.78, 5) is 20.8. The van der Waals surface area contributed by atoms with Gasteiger partial charge >= 0.3 is 0 Å². The van der Waals surface area contributed by atoms with Gasteiger partial charge in [0.25, 0.3) is 5.91 Å². The summed E-state index contributed by atoms with van der Waals surface area (Å²) in [5, 5.41) is 2.27. The SMILES string of the molecule is O=CC(=O)NNCc1cccc2ccccc12. The largest absolute Gasteiger partial charge is 0.298 e. The van der Waals surface area contributed by atoms with E-state index in [1.165, 1.54) is 0 Å². The van der Waals surface area contributed by atoms with Crippen LogP contribution in [0.5, 0.6) is 0 Å². The molecule has 0 aromatic heterocycles. The van der Waals surface area contributed by atoms with E-state index in [9.17, 15) is 9.59 Å². The second-order valence-corrected chi connectivity index (χ2v) is 3.60. The smallest absolute Gasteiger partial charge is 0.292 e. The van der Waals surface area contributed by atoms with Crippen molar-refractivity contribution in [3.05, 3.63) is 48.0 Å². The highest BCUT2D eigenvalue weighted by Crippen LogP contribution is 2.17. The first-order valence-corrected chi connectivity index (χ1v) is 5.26. The summed E-state index contributed by atoms with van der Waals surface area (Å²) in [5.74, 6) is -0.676. The van der Waals surface area contributed by atoms with E-state index in [1.807, 2.05) is 42.5 Å². The normalized spacial score (nSPS) is 10.1. The molecule has 4 heteroatoms. The first-order valence-electron chi connectivity index (χ1n) is 5.26. The third kappa shape index (κ3) is 2.68. The Morgan fingerprint density at radius 2 is 1.88 bits per heavy atom. The number of fused-ring (bicyclic) bond motifs is 1. The van der Waals surface area contributed by atoms with Crippen LogP contribution >= 0.6 is 0 Å². The predicted molar refractivity (Wildman–Crippen MR) is 65.0 cm³/mol. The lowest BCUT2D eigenvalue weighted by atomic mass is 10.1. The first-order chi connectivity index (χ1) is 8.31. The summed E-state index contributed by atoms with van der Waals surface area (Å²) in [5.41, 5.74) is 6.07. The van der Waals surface area contributed by atoms with Gasteiger partial charge in [-0.1, -0.05) is 42.5 Å². The molecule has 0 aliphatic rings. The molecule has 2 rings (SSSR count). The van der Waals surface area contributed by atoms with E-state index in [1.54, 1.807) is 0 Å². The van der Waals surface area contributed by atoms with Crippen LogP contribution in [0.4, 0.5) is 0 Å². The van der Waals surface area contributed by atoms with Gasteiger partial charge in [-0.3, -0.25) is 15.0 Å². The summed E-state index contributed by atoms with van der Waals surface area (Å²) in [6.07, 6.45) is 0.232. The van der Waals surface area contributed by atoms with Crippen molar-refractivity contribution in [3.63, 3.8) is 0 Å². The number of hydrogen-bond acceptors (Lipinski definition) is 3. The maximum atomic E-state index is 10.7. The number of hydrogen-bond donors (Lipinski definition) is 2. The number of hydrazine groups is 1. The van der Waals surface area contributed by atoms with Crippen LogP contribution in [0.1, 0.15) is 5.56 Å². The number of carbonyl (C=O) groups is 2. The minimum atomic E-state index is -0.676. The van der Waals surface area contributed by atoms with Gasteiger partial charge in [0.05, 0.1) is 0 Å². The highest BCUT2D eigenvalue weighted by atomic mass is 16.2. The number of rotatable bonds is 4. The van der Waals surface area contributed by atoms with Crippen molar-refractivity contribution < 1.29 is 9.59 Å². The molecular formula is C13H12N2O2. The Labute approximate surface area is 98.6 Å². The average molecular weight is 228 g/mol. The Morgan fingerprint density at radius 1 is 1.12 bits per heavy atom. The Kier molecular flexibility index (Phi) is 3.47. The van der Waals surface area contributed by atoms with Crippen LogP contribution in [0.2, 0.25) is 0 Å². The molecule has 2 N–H and O–H groups in total. The molecule has 0 bridgehead atoms.